The molecule has 7 nitrogen and oxygen atoms in total. The number of anilines is 2. The maximum atomic E-state index is 12.0. The molecule has 2 heterocycles. The summed E-state index contributed by atoms with van der Waals surface area (Å²) in [7, 11) is 4.22. The highest BCUT2D eigenvalue weighted by atomic mass is 16.1. The molecule has 0 amide bonds. The van der Waals surface area contributed by atoms with E-state index in [-0.39, 0.29) is 5.56 Å². The lowest BCUT2D eigenvalue weighted by molar-refractivity contribution is 0.229. The van der Waals surface area contributed by atoms with Crippen molar-refractivity contribution in [1.82, 2.24) is 20.0 Å². The number of likely N-dealkylation sites (N-methyl/N-ethyl adjacent to an activating group) is 1. The van der Waals surface area contributed by atoms with E-state index in [2.05, 4.69) is 45.1 Å². The average Bonchev–Trinajstić information content (AvgIpc) is 2.73. The second kappa shape index (κ2) is 8.23. The van der Waals surface area contributed by atoms with Crippen molar-refractivity contribution in [2.75, 3.05) is 64.0 Å². The number of hydrogen-bond donors (Lipinski definition) is 2. The molecule has 1 aliphatic heterocycles. The zero-order chi connectivity index (χ0) is 20.4. The van der Waals surface area contributed by atoms with Crippen molar-refractivity contribution in [2.24, 2.45) is 0 Å². The number of aromatic nitrogens is 2. The van der Waals surface area contributed by atoms with Gasteiger partial charge in [0.05, 0.1) is 22.5 Å². The topological polar surface area (TPSA) is 81.5 Å². The zero-order valence-electron chi connectivity index (χ0n) is 17.1. The minimum absolute atomic E-state index is 0.180. The molecule has 0 aliphatic carbocycles. The van der Waals surface area contributed by atoms with E-state index in [1.165, 1.54) is 0 Å². The number of nitrogen functional groups attached to an aromatic ring is 1. The molecule has 0 atom stereocenters. The molecule has 0 radical (unpaired) electrons. The number of nitrogens with one attached hydrogen (secondary N) is 1. The molecule has 3 aromatic rings. The van der Waals surface area contributed by atoms with E-state index in [1.807, 2.05) is 36.4 Å². The van der Waals surface area contributed by atoms with Gasteiger partial charge in [-0.25, -0.2) is 5.10 Å². The van der Waals surface area contributed by atoms with Gasteiger partial charge in [-0.1, -0.05) is 24.3 Å². The van der Waals surface area contributed by atoms with Crippen molar-refractivity contribution in [3.63, 3.8) is 0 Å². The van der Waals surface area contributed by atoms with E-state index >= 15 is 0 Å². The maximum Gasteiger partial charge on any atom is 0.272 e. The summed E-state index contributed by atoms with van der Waals surface area (Å²) in [5, 5.41) is 8.35. The third-order valence-corrected chi connectivity index (χ3v) is 5.57. The number of hydrogen-bond acceptors (Lipinski definition) is 6. The van der Waals surface area contributed by atoms with Crippen molar-refractivity contribution in [2.45, 2.75) is 0 Å². The first-order chi connectivity index (χ1) is 14.0. The number of aromatic amines is 1. The van der Waals surface area contributed by atoms with E-state index in [9.17, 15) is 4.79 Å². The Kier molecular flexibility index (Phi) is 5.51. The van der Waals surface area contributed by atoms with Gasteiger partial charge in [0, 0.05) is 50.2 Å². The Balaban J connectivity index is 1.54. The normalized spacial score (nSPS) is 15.3. The highest BCUT2D eigenvalue weighted by molar-refractivity contribution is 5.94. The number of fused-ring (bicyclic) bond motifs is 1. The highest BCUT2D eigenvalue weighted by Crippen LogP contribution is 2.31. The molecule has 1 aliphatic rings. The maximum absolute atomic E-state index is 12.0. The van der Waals surface area contributed by atoms with Crippen LogP contribution in [0.4, 0.5) is 11.4 Å². The van der Waals surface area contributed by atoms with E-state index in [0.717, 1.165) is 67.3 Å². The van der Waals surface area contributed by atoms with Crippen molar-refractivity contribution in [3.05, 3.63) is 52.8 Å². The average molecular weight is 393 g/mol. The summed E-state index contributed by atoms with van der Waals surface area (Å²) in [6.45, 7) is 6.20. The third kappa shape index (κ3) is 4.11. The summed E-state index contributed by atoms with van der Waals surface area (Å²) in [5.74, 6) is 0. The van der Waals surface area contributed by atoms with Crippen LogP contribution < -0.4 is 16.2 Å². The van der Waals surface area contributed by atoms with E-state index < -0.39 is 0 Å². The number of nitrogens with zero attached hydrogens (tertiary/aromatic N) is 4. The Bertz CT molecular complexity index is 1050. The fraction of sp³-hybridized carbons (Fsp3) is 0.364. The summed E-state index contributed by atoms with van der Waals surface area (Å²) >= 11 is 0. The molecule has 4 rings (SSSR count). The summed E-state index contributed by atoms with van der Waals surface area (Å²) in [6.07, 6.45) is 0. The van der Waals surface area contributed by atoms with Crippen LogP contribution >= 0.6 is 0 Å². The van der Waals surface area contributed by atoms with Crippen LogP contribution in [-0.4, -0.2) is 73.4 Å². The van der Waals surface area contributed by atoms with E-state index in [1.54, 1.807) is 0 Å². The van der Waals surface area contributed by atoms with Gasteiger partial charge in [0.15, 0.2) is 0 Å². The summed E-state index contributed by atoms with van der Waals surface area (Å²) in [4.78, 5) is 19.1. The van der Waals surface area contributed by atoms with Crippen LogP contribution in [-0.2, 0) is 0 Å². The molecule has 2 aromatic carbocycles. The van der Waals surface area contributed by atoms with E-state index in [4.69, 9.17) is 5.73 Å². The fourth-order valence-corrected chi connectivity index (χ4v) is 3.88. The molecular formula is C22H28N6O. The van der Waals surface area contributed by atoms with Crippen LogP contribution in [0.1, 0.15) is 0 Å². The Morgan fingerprint density at radius 1 is 1.07 bits per heavy atom. The lowest BCUT2D eigenvalue weighted by Crippen LogP contribution is -2.48. The number of rotatable bonds is 5. The van der Waals surface area contributed by atoms with Crippen LogP contribution in [0.2, 0.25) is 0 Å². The molecule has 1 saturated heterocycles. The van der Waals surface area contributed by atoms with Crippen LogP contribution in [0, 0.1) is 0 Å². The van der Waals surface area contributed by atoms with Crippen molar-refractivity contribution >= 4 is 22.1 Å². The number of benzene rings is 2. The molecule has 152 valence electrons. The number of H-pyrrole nitrogens is 1. The molecule has 29 heavy (non-hydrogen) atoms. The fourth-order valence-electron chi connectivity index (χ4n) is 3.88. The lowest BCUT2D eigenvalue weighted by Gasteiger charge is -2.37. The van der Waals surface area contributed by atoms with Gasteiger partial charge in [0.25, 0.3) is 5.56 Å². The summed E-state index contributed by atoms with van der Waals surface area (Å²) in [5.41, 5.74) is 9.71. The minimum atomic E-state index is -0.180. The van der Waals surface area contributed by atoms with Gasteiger partial charge in [-0.05, 0) is 32.3 Å². The molecule has 3 N–H and O–H groups in total. The SMILES string of the molecule is CN(C)CCN1CCN(c2ccc(-c3n[nH]c(=O)c4ccccc34)cc2N)CC1. The largest absolute Gasteiger partial charge is 0.397 e. The van der Waals surface area contributed by atoms with Crippen LogP contribution in [0.25, 0.3) is 22.0 Å². The summed E-state index contributed by atoms with van der Waals surface area (Å²) in [6, 6.07) is 13.6. The Hall–Kier alpha value is -2.90. The van der Waals surface area contributed by atoms with Gasteiger partial charge in [-0.15, -0.1) is 0 Å². The summed E-state index contributed by atoms with van der Waals surface area (Å²) < 4.78 is 0. The van der Waals surface area contributed by atoms with Gasteiger partial charge in [0.1, 0.15) is 0 Å². The Morgan fingerprint density at radius 3 is 2.48 bits per heavy atom. The smallest absolute Gasteiger partial charge is 0.272 e. The molecule has 0 bridgehead atoms. The molecule has 1 aromatic heterocycles. The second-order valence-corrected chi connectivity index (χ2v) is 7.85. The van der Waals surface area contributed by atoms with Crippen molar-refractivity contribution in [3.8, 4) is 11.3 Å². The quantitative estimate of drug-likeness (QED) is 0.645. The van der Waals surface area contributed by atoms with E-state index in [0.29, 0.717) is 5.39 Å². The first-order valence-electron chi connectivity index (χ1n) is 10.0. The predicted molar refractivity (Wildman–Crippen MR) is 119 cm³/mol. The Labute approximate surface area is 170 Å². The van der Waals surface area contributed by atoms with Crippen LogP contribution in [0.5, 0.6) is 0 Å². The van der Waals surface area contributed by atoms with Gasteiger partial charge in [-0.3, -0.25) is 9.69 Å². The number of piperazine rings is 1. The third-order valence-electron chi connectivity index (χ3n) is 5.57. The second-order valence-electron chi connectivity index (χ2n) is 7.85. The van der Waals surface area contributed by atoms with Gasteiger partial charge < -0.3 is 15.5 Å². The monoisotopic (exact) mass is 392 g/mol. The first kappa shape index (κ1) is 19.4. The van der Waals surface area contributed by atoms with Crippen molar-refractivity contribution in [1.29, 1.82) is 0 Å². The molecule has 1 fully saturated rings. The standard InChI is InChI=1S/C22H28N6O/c1-26(2)9-10-27-11-13-28(14-12-27)20-8-7-16(15-19(20)23)21-17-5-3-4-6-18(17)22(29)25-24-21/h3-8,15H,9-14,23H2,1-2H3,(H,25,29). The highest BCUT2D eigenvalue weighted by Gasteiger charge is 2.19. The predicted octanol–water partition coefficient (Wildman–Crippen LogP) is 1.86. The van der Waals surface area contributed by atoms with Gasteiger partial charge in [0.2, 0.25) is 0 Å². The zero-order valence-corrected chi connectivity index (χ0v) is 17.1. The Morgan fingerprint density at radius 2 is 1.79 bits per heavy atom. The van der Waals surface area contributed by atoms with Gasteiger partial charge >= 0.3 is 0 Å². The molecule has 0 saturated carbocycles. The molecule has 0 spiro atoms. The molecule has 0 unspecified atom stereocenters. The molecule has 7 heteroatoms. The molecular weight excluding hydrogens is 364 g/mol. The first-order valence-corrected chi connectivity index (χ1v) is 10.0. The minimum Gasteiger partial charge on any atom is -0.397 e. The lowest BCUT2D eigenvalue weighted by atomic mass is 10.0. The van der Waals surface area contributed by atoms with Crippen LogP contribution in [0.15, 0.2) is 47.3 Å². The van der Waals surface area contributed by atoms with Gasteiger partial charge in [-0.2, -0.15) is 5.10 Å². The van der Waals surface area contributed by atoms with Crippen molar-refractivity contribution < 1.29 is 0 Å². The number of nitrogens with two attached hydrogens (primary N) is 1. The van der Waals surface area contributed by atoms with Crippen LogP contribution in [0.3, 0.4) is 0 Å².